The van der Waals surface area contributed by atoms with Gasteiger partial charge >= 0.3 is 0 Å². The van der Waals surface area contributed by atoms with Crippen molar-refractivity contribution in [2.45, 2.75) is 25.4 Å². The van der Waals surface area contributed by atoms with Gasteiger partial charge in [0.2, 0.25) is 0 Å². The van der Waals surface area contributed by atoms with E-state index in [1.165, 1.54) is 12.1 Å². The van der Waals surface area contributed by atoms with Crippen LogP contribution in [0.15, 0.2) is 17.3 Å². The Balaban J connectivity index is 2.32. The number of nitrogens with two attached hydrogens (primary N) is 1. The van der Waals surface area contributed by atoms with Gasteiger partial charge in [-0.25, -0.2) is 4.98 Å². The molecule has 0 aliphatic carbocycles. The van der Waals surface area contributed by atoms with Crippen molar-refractivity contribution >= 4 is 17.3 Å². The van der Waals surface area contributed by atoms with Crippen molar-refractivity contribution in [2.24, 2.45) is 10.9 Å². The molecule has 0 spiro atoms. The van der Waals surface area contributed by atoms with Gasteiger partial charge in [0.05, 0.1) is 10.5 Å². The molecule has 1 saturated heterocycles. The zero-order valence-corrected chi connectivity index (χ0v) is 11.6. The summed E-state index contributed by atoms with van der Waals surface area (Å²) in [5.74, 6) is 0.0882. The fourth-order valence-corrected chi connectivity index (χ4v) is 2.22. The number of pyridine rings is 1. The summed E-state index contributed by atoms with van der Waals surface area (Å²) in [4.78, 5) is 16.3. The molecule has 0 bridgehead atoms. The standard InChI is InChI=1S/C12H17N5O4/c1-12(18)4-6-16(7-5-12)9-3-2-8(17(20)21)10(14-9)11(13)15-19/h2-3,18-19H,4-7H2,1H3,(H2,13,15). The third-order valence-electron chi connectivity index (χ3n) is 3.57. The fraction of sp³-hybridized carbons (Fsp3) is 0.500. The van der Waals surface area contributed by atoms with E-state index in [1.54, 1.807) is 6.92 Å². The van der Waals surface area contributed by atoms with Crippen LogP contribution >= 0.6 is 0 Å². The molecule has 1 aromatic rings. The van der Waals surface area contributed by atoms with Gasteiger partial charge in [-0.2, -0.15) is 0 Å². The minimum atomic E-state index is -0.703. The highest BCUT2D eigenvalue weighted by molar-refractivity contribution is 5.99. The van der Waals surface area contributed by atoms with Crippen molar-refractivity contribution in [1.82, 2.24) is 4.98 Å². The van der Waals surface area contributed by atoms with Crippen LogP contribution in [0.3, 0.4) is 0 Å². The Morgan fingerprint density at radius 2 is 2.14 bits per heavy atom. The van der Waals surface area contributed by atoms with E-state index < -0.39 is 16.4 Å². The Hall–Kier alpha value is -2.42. The van der Waals surface area contributed by atoms with E-state index in [0.717, 1.165) is 0 Å². The molecule has 1 fully saturated rings. The lowest BCUT2D eigenvalue weighted by molar-refractivity contribution is -0.385. The largest absolute Gasteiger partial charge is 0.409 e. The number of anilines is 1. The molecular formula is C12H17N5O4. The van der Waals surface area contributed by atoms with Gasteiger partial charge in [-0.05, 0) is 25.8 Å². The van der Waals surface area contributed by atoms with Crippen molar-refractivity contribution in [2.75, 3.05) is 18.0 Å². The number of aliphatic hydroxyl groups is 1. The Bertz CT molecular complexity index is 577. The van der Waals surface area contributed by atoms with Crippen molar-refractivity contribution in [3.05, 3.63) is 27.9 Å². The highest BCUT2D eigenvalue weighted by Crippen LogP contribution is 2.27. The lowest BCUT2D eigenvalue weighted by Crippen LogP contribution is -2.43. The van der Waals surface area contributed by atoms with Crippen LogP contribution in [0.1, 0.15) is 25.5 Å². The summed E-state index contributed by atoms with van der Waals surface area (Å²) >= 11 is 0. The molecule has 4 N–H and O–H groups in total. The quantitative estimate of drug-likeness (QED) is 0.242. The number of piperidine rings is 1. The molecule has 2 rings (SSSR count). The Morgan fingerprint density at radius 1 is 1.52 bits per heavy atom. The summed E-state index contributed by atoms with van der Waals surface area (Å²) < 4.78 is 0. The maximum atomic E-state index is 10.9. The molecule has 0 radical (unpaired) electrons. The SMILES string of the molecule is CC1(O)CCN(c2ccc([N+](=O)[O-])c(/C(N)=N/O)n2)CC1. The van der Waals surface area contributed by atoms with Crippen LogP contribution in [-0.4, -0.2) is 44.7 Å². The highest BCUT2D eigenvalue weighted by atomic mass is 16.6. The number of aromatic nitrogens is 1. The van der Waals surface area contributed by atoms with Gasteiger partial charge in [-0.15, -0.1) is 0 Å². The predicted octanol–water partition coefficient (Wildman–Crippen LogP) is 0.435. The lowest BCUT2D eigenvalue weighted by atomic mass is 9.94. The Labute approximate surface area is 120 Å². The van der Waals surface area contributed by atoms with Gasteiger partial charge in [-0.3, -0.25) is 10.1 Å². The molecule has 0 saturated carbocycles. The van der Waals surface area contributed by atoms with E-state index in [4.69, 9.17) is 10.9 Å². The molecule has 9 heteroatoms. The third-order valence-corrected chi connectivity index (χ3v) is 3.57. The zero-order chi connectivity index (χ0) is 15.6. The molecule has 0 amide bonds. The molecule has 1 aromatic heterocycles. The number of oxime groups is 1. The number of hydrogen-bond donors (Lipinski definition) is 3. The van der Waals surface area contributed by atoms with Crippen LogP contribution in [0, 0.1) is 10.1 Å². The molecule has 0 atom stereocenters. The molecular weight excluding hydrogens is 278 g/mol. The second-order valence-corrected chi connectivity index (χ2v) is 5.26. The average molecular weight is 295 g/mol. The maximum Gasteiger partial charge on any atom is 0.298 e. The Morgan fingerprint density at radius 3 is 2.67 bits per heavy atom. The topological polar surface area (TPSA) is 138 Å². The molecule has 0 unspecified atom stereocenters. The molecule has 1 aliphatic heterocycles. The van der Waals surface area contributed by atoms with E-state index in [1.807, 2.05) is 4.90 Å². The summed E-state index contributed by atoms with van der Waals surface area (Å²) in [6.45, 7) is 2.93. The maximum absolute atomic E-state index is 10.9. The molecule has 0 aromatic carbocycles. The third kappa shape index (κ3) is 3.19. The first kappa shape index (κ1) is 15.0. The van der Waals surface area contributed by atoms with Gasteiger partial charge in [0.25, 0.3) is 5.69 Å². The van der Waals surface area contributed by atoms with Crippen LogP contribution in [-0.2, 0) is 0 Å². The van der Waals surface area contributed by atoms with E-state index in [-0.39, 0.29) is 11.4 Å². The van der Waals surface area contributed by atoms with Crippen LogP contribution in [0.4, 0.5) is 11.5 Å². The fourth-order valence-electron chi connectivity index (χ4n) is 2.22. The van der Waals surface area contributed by atoms with Crippen molar-refractivity contribution < 1.29 is 15.2 Å². The van der Waals surface area contributed by atoms with Gasteiger partial charge in [0, 0.05) is 19.2 Å². The summed E-state index contributed by atoms with van der Waals surface area (Å²) in [5.41, 5.74) is 4.26. The van der Waals surface area contributed by atoms with Crippen LogP contribution in [0.2, 0.25) is 0 Å². The summed E-state index contributed by atoms with van der Waals surface area (Å²) in [6, 6.07) is 2.80. The normalized spacial score (nSPS) is 18.6. The smallest absolute Gasteiger partial charge is 0.298 e. The van der Waals surface area contributed by atoms with Crippen molar-refractivity contribution in [3.8, 4) is 0 Å². The number of nitrogens with zero attached hydrogens (tertiary/aromatic N) is 4. The van der Waals surface area contributed by atoms with E-state index in [0.29, 0.717) is 31.7 Å². The van der Waals surface area contributed by atoms with Crippen LogP contribution < -0.4 is 10.6 Å². The molecule has 21 heavy (non-hydrogen) atoms. The highest BCUT2D eigenvalue weighted by Gasteiger charge is 2.29. The zero-order valence-electron chi connectivity index (χ0n) is 11.6. The number of amidine groups is 1. The Kier molecular flexibility index (Phi) is 3.94. The summed E-state index contributed by atoms with van der Waals surface area (Å²) in [7, 11) is 0. The van der Waals surface area contributed by atoms with E-state index in [2.05, 4.69) is 10.1 Å². The number of rotatable bonds is 3. The minimum absolute atomic E-state index is 0.169. The van der Waals surface area contributed by atoms with Crippen molar-refractivity contribution in [1.29, 1.82) is 0 Å². The van der Waals surface area contributed by atoms with Gasteiger partial charge in [-0.1, -0.05) is 5.16 Å². The van der Waals surface area contributed by atoms with Crippen LogP contribution in [0.25, 0.3) is 0 Å². The van der Waals surface area contributed by atoms with Crippen molar-refractivity contribution in [3.63, 3.8) is 0 Å². The van der Waals surface area contributed by atoms with E-state index in [9.17, 15) is 15.2 Å². The number of nitro groups is 1. The monoisotopic (exact) mass is 295 g/mol. The van der Waals surface area contributed by atoms with Crippen LogP contribution in [0.5, 0.6) is 0 Å². The van der Waals surface area contributed by atoms with Gasteiger partial charge in [0.1, 0.15) is 5.82 Å². The first-order valence-corrected chi connectivity index (χ1v) is 6.45. The van der Waals surface area contributed by atoms with Gasteiger partial charge < -0.3 is 20.9 Å². The lowest BCUT2D eigenvalue weighted by Gasteiger charge is -2.36. The molecule has 1 aliphatic rings. The van der Waals surface area contributed by atoms with Gasteiger partial charge in [0.15, 0.2) is 11.5 Å². The minimum Gasteiger partial charge on any atom is -0.409 e. The molecule has 9 nitrogen and oxygen atoms in total. The molecule has 114 valence electrons. The number of hydrogen-bond acceptors (Lipinski definition) is 7. The second-order valence-electron chi connectivity index (χ2n) is 5.26. The first-order chi connectivity index (χ1) is 9.84. The average Bonchev–Trinajstić information content (AvgIpc) is 2.45. The molecule has 2 heterocycles. The summed E-state index contributed by atoms with van der Waals surface area (Å²) in [6.07, 6.45) is 1.15. The second kappa shape index (κ2) is 5.52. The predicted molar refractivity (Wildman–Crippen MR) is 75.5 cm³/mol. The van der Waals surface area contributed by atoms with E-state index >= 15 is 0 Å². The summed E-state index contributed by atoms with van der Waals surface area (Å²) in [5, 5.41) is 32.4. The first-order valence-electron chi connectivity index (χ1n) is 6.45.